The van der Waals surface area contributed by atoms with E-state index in [1.54, 1.807) is 12.5 Å². The Morgan fingerprint density at radius 1 is 1.11 bits per heavy atom. The van der Waals surface area contributed by atoms with Crippen molar-refractivity contribution in [3.05, 3.63) is 89.2 Å². The fourth-order valence-corrected chi connectivity index (χ4v) is 3.81. The average Bonchev–Trinajstić information content (AvgIpc) is 3.36. The fourth-order valence-electron chi connectivity index (χ4n) is 3.69. The number of pyridine rings is 1. The lowest BCUT2D eigenvalue weighted by atomic mass is 9.99. The molecule has 0 spiro atoms. The fraction of sp³-hybridized carbons (Fsp3) is 0.136. The van der Waals surface area contributed by atoms with E-state index >= 15 is 0 Å². The van der Waals surface area contributed by atoms with Crippen LogP contribution in [0.5, 0.6) is 0 Å². The molecule has 0 amide bonds. The Hall–Kier alpha value is -3.18. The molecule has 28 heavy (non-hydrogen) atoms. The molecule has 1 aliphatic rings. The molecule has 0 radical (unpaired) electrons. The van der Waals surface area contributed by atoms with Crippen molar-refractivity contribution >= 4 is 23.1 Å². The van der Waals surface area contributed by atoms with E-state index in [0.29, 0.717) is 11.4 Å². The number of halogens is 1. The minimum absolute atomic E-state index is 0.000972. The lowest BCUT2D eigenvalue weighted by molar-refractivity contribution is 0.512. The van der Waals surface area contributed by atoms with Gasteiger partial charge in [-0.25, -0.2) is 9.67 Å². The second-order valence-corrected chi connectivity index (χ2v) is 7.21. The van der Waals surface area contributed by atoms with Crippen molar-refractivity contribution in [1.29, 1.82) is 0 Å². The summed E-state index contributed by atoms with van der Waals surface area (Å²) >= 11 is 6.08. The van der Waals surface area contributed by atoms with E-state index in [4.69, 9.17) is 26.1 Å². The van der Waals surface area contributed by atoms with Gasteiger partial charge in [0.25, 0.3) is 0 Å². The normalized spacial score (nSPS) is 15.9. The number of fused-ring (bicyclic) bond motifs is 1. The Labute approximate surface area is 167 Å². The standard InChI is InChI=1S/C22H17ClN4O/c1-14-21(15-6-8-17(23)9-7-15)22-25-18(20-5-3-11-28-20)12-19(27(22)26-14)16-4-2-10-24-13-16/h2-11,13,19H,12H2,1H3/t19-/m0/s1. The van der Waals surface area contributed by atoms with Gasteiger partial charge in [0.1, 0.15) is 5.76 Å². The van der Waals surface area contributed by atoms with Crippen LogP contribution in [-0.4, -0.2) is 20.5 Å². The number of nitrogens with zero attached hydrogens (tertiary/aromatic N) is 4. The monoisotopic (exact) mass is 388 g/mol. The van der Waals surface area contributed by atoms with Crippen LogP contribution < -0.4 is 0 Å². The molecule has 0 saturated carbocycles. The van der Waals surface area contributed by atoms with E-state index in [9.17, 15) is 0 Å². The van der Waals surface area contributed by atoms with E-state index in [-0.39, 0.29) is 6.04 Å². The maximum absolute atomic E-state index is 6.08. The van der Waals surface area contributed by atoms with E-state index in [0.717, 1.165) is 39.7 Å². The number of hydrogen-bond donors (Lipinski definition) is 0. The second-order valence-electron chi connectivity index (χ2n) is 6.78. The van der Waals surface area contributed by atoms with E-state index < -0.39 is 0 Å². The average molecular weight is 389 g/mol. The van der Waals surface area contributed by atoms with E-state index in [1.165, 1.54) is 0 Å². The van der Waals surface area contributed by atoms with Gasteiger partial charge in [-0.05, 0) is 48.4 Å². The number of aryl methyl sites for hydroxylation is 1. The largest absolute Gasteiger partial charge is 0.463 e. The number of furan rings is 1. The van der Waals surface area contributed by atoms with Crippen molar-refractivity contribution in [2.75, 3.05) is 0 Å². The summed E-state index contributed by atoms with van der Waals surface area (Å²) < 4.78 is 7.65. The van der Waals surface area contributed by atoms with Crippen LogP contribution >= 0.6 is 11.6 Å². The first kappa shape index (κ1) is 17.0. The molecule has 3 aromatic heterocycles. The van der Waals surface area contributed by atoms with Gasteiger partial charge in [0.05, 0.1) is 23.7 Å². The summed E-state index contributed by atoms with van der Waals surface area (Å²) in [7, 11) is 0. The van der Waals surface area contributed by atoms with Crippen LogP contribution in [0.1, 0.15) is 29.5 Å². The lowest BCUT2D eigenvalue weighted by Gasteiger charge is -2.24. The van der Waals surface area contributed by atoms with Gasteiger partial charge < -0.3 is 4.42 Å². The highest BCUT2D eigenvalue weighted by Crippen LogP contribution is 2.41. The summed E-state index contributed by atoms with van der Waals surface area (Å²) in [6, 6.07) is 15.6. The third-order valence-electron chi connectivity index (χ3n) is 4.99. The van der Waals surface area contributed by atoms with Crippen LogP contribution in [0.25, 0.3) is 11.1 Å². The number of benzene rings is 1. The van der Waals surface area contributed by atoms with Gasteiger partial charge in [0.15, 0.2) is 5.82 Å². The molecular formula is C22H17ClN4O. The van der Waals surface area contributed by atoms with Gasteiger partial charge in [0.2, 0.25) is 0 Å². The van der Waals surface area contributed by atoms with Gasteiger partial charge in [-0.3, -0.25) is 4.98 Å². The molecule has 0 bridgehead atoms. The van der Waals surface area contributed by atoms with Crippen LogP contribution in [0, 0.1) is 6.92 Å². The first-order valence-corrected chi connectivity index (χ1v) is 9.45. The van der Waals surface area contributed by atoms with Crippen LogP contribution in [0.2, 0.25) is 5.02 Å². The van der Waals surface area contributed by atoms with Crippen molar-refractivity contribution in [1.82, 2.24) is 14.8 Å². The van der Waals surface area contributed by atoms with Crippen molar-refractivity contribution in [2.45, 2.75) is 19.4 Å². The van der Waals surface area contributed by atoms with Crippen molar-refractivity contribution in [3.8, 4) is 11.1 Å². The molecule has 5 rings (SSSR count). The van der Waals surface area contributed by atoms with Crippen molar-refractivity contribution in [2.24, 2.45) is 4.99 Å². The highest BCUT2D eigenvalue weighted by atomic mass is 35.5. The van der Waals surface area contributed by atoms with Crippen LogP contribution in [0.3, 0.4) is 0 Å². The topological polar surface area (TPSA) is 56.2 Å². The number of aromatic nitrogens is 3. The third kappa shape index (κ3) is 2.84. The summed E-state index contributed by atoms with van der Waals surface area (Å²) in [5.74, 6) is 1.60. The summed E-state index contributed by atoms with van der Waals surface area (Å²) in [6.45, 7) is 2.01. The van der Waals surface area contributed by atoms with Crippen molar-refractivity contribution in [3.63, 3.8) is 0 Å². The maximum Gasteiger partial charge on any atom is 0.159 e. The van der Waals surface area contributed by atoms with Gasteiger partial charge >= 0.3 is 0 Å². The Kier molecular flexibility index (Phi) is 4.10. The predicted molar refractivity (Wildman–Crippen MR) is 109 cm³/mol. The summed E-state index contributed by atoms with van der Waals surface area (Å²) in [4.78, 5) is 9.25. The Morgan fingerprint density at radius 2 is 1.96 bits per heavy atom. The molecule has 1 atom stereocenters. The van der Waals surface area contributed by atoms with Crippen LogP contribution in [0.4, 0.5) is 5.82 Å². The maximum atomic E-state index is 6.08. The molecule has 0 N–H and O–H groups in total. The van der Waals surface area contributed by atoms with Gasteiger partial charge in [0, 0.05) is 29.4 Å². The number of rotatable bonds is 3. The van der Waals surface area contributed by atoms with Gasteiger partial charge in [-0.2, -0.15) is 5.10 Å². The third-order valence-corrected chi connectivity index (χ3v) is 5.24. The predicted octanol–water partition coefficient (Wildman–Crippen LogP) is 5.61. The first-order chi connectivity index (χ1) is 13.7. The molecule has 0 unspecified atom stereocenters. The summed E-state index contributed by atoms with van der Waals surface area (Å²) in [6.07, 6.45) is 6.03. The van der Waals surface area contributed by atoms with Crippen molar-refractivity contribution < 1.29 is 4.42 Å². The molecule has 0 aliphatic carbocycles. The molecule has 1 aromatic carbocycles. The number of aliphatic imine (C=N–C) groups is 1. The zero-order valence-electron chi connectivity index (χ0n) is 15.2. The summed E-state index contributed by atoms with van der Waals surface area (Å²) in [5.41, 5.74) is 4.97. The van der Waals surface area contributed by atoms with Gasteiger partial charge in [-0.1, -0.05) is 29.8 Å². The molecule has 0 fully saturated rings. The first-order valence-electron chi connectivity index (χ1n) is 9.07. The Bertz CT molecular complexity index is 1150. The molecule has 1 aliphatic heterocycles. The summed E-state index contributed by atoms with van der Waals surface area (Å²) in [5, 5.41) is 5.55. The number of hydrogen-bond acceptors (Lipinski definition) is 4. The Balaban J connectivity index is 1.72. The quantitative estimate of drug-likeness (QED) is 0.458. The smallest absolute Gasteiger partial charge is 0.159 e. The lowest BCUT2D eigenvalue weighted by Crippen LogP contribution is -2.21. The minimum atomic E-state index is 0.000972. The zero-order chi connectivity index (χ0) is 19.1. The molecule has 4 aromatic rings. The highest BCUT2D eigenvalue weighted by molar-refractivity contribution is 6.30. The SMILES string of the molecule is Cc1nn2c(c1-c1ccc(Cl)cc1)N=C(c1ccco1)C[C@H]2c1cccnc1. The molecule has 4 heterocycles. The van der Waals surface area contributed by atoms with Gasteiger partial charge in [-0.15, -0.1) is 0 Å². The molecule has 5 nitrogen and oxygen atoms in total. The molecule has 138 valence electrons. The van der Waals surface area contributed by atoms with Crippen LogP contribution in [0.15, 0.2) is 76.6 Å². The molecule has 0 saturated heterocycles. The van der Waals surface area contributed by atoms with E-state index in [1.807, 2.05) is 60.3 Å². The second kappa shape index (κ2) is 6.77. The highest BCUT2D eigenvalue weighted by Gasteiger charge is 2.30. The van der Waals surface area contributed by atoms with E-state index in [2.05, 4.69) is 11.1 Å². The zero-order valence-corrected chi connectivity index (χ0v) is 16.0. The molecule has 6 heteroatoms. The molecular weight excluding hydrogens is 372 g/mol. The minimum Gasteiger partial charge on any atom is -0.463 e. The Morgan fingerprint density at radius 3 is 2.68 bits per heavy atom. The van der Waals surface area contributed by atoms with Crippen LogP contribution in [-0.2, 0) is 0 Å².